The van der Waals surface area contributed by atoms with Gasteiger partial charge in [-0.2, -0.15) is 5.26 Å². The van der Waals surface area contributed by atoms with E-state index in [2.05, 4.69) is 32.3 Å². The van der Waals surface area contributed by atoms with Crippen LogP contribution >= 0.6 is 11.3 Å². The number of anilines is 1. The van der Waals surface area contributed by atoms with Gasteiger partial charge in [0.25, 0.3) is 0 Å². The van der Waals surface area contributed by atoms with Gasteiger partial charge >= 0.3 is 0 Å². The van der Waals surface area contributed by atoms with Crippen LogP contribution in [0.15, 0.2) is 29.8 Å². The smallest absolute Gasteiger partial charge is 0.146 e. The van der Waals surface area contributed by atoms with E-state index in [0.717, 1.165) is 38.3 Å². The summed E-state index contributed by atoms with van der Waals surface area (Å²) in [5.41, 5.74) is 2.21. The van der Waals surface area contributed by atoms with E-state index in [0.29, 0.717) is 11.6 Å². The van der Waals surface area contributed by atoms with Crippen LogP contribution in [0.25, 0.3) is 0 Å². The second kappa shape index (κ2) is 6.31. The molecule has 4 heterocycles. The molecule has 0 aliphatic carbocycles. The molecule has 4 rings (SSSR count). The maximum Gasteiger partial charge on any atom is 0.146 e. The van der Waals surface area contributed by atoms with E-state index >= 15 is 0 Å². The van der Waals surface area contributed by atoms with Gasteiger partial charge in [-0.3, -0.25) is 4.90 Å². The van der Waals surface area contributed by atoms with Gasteiger partial charge < -0.3 is 4.90 Å². The zero-order valence-electron chi connectivity index (χ0n) is 13.1. The first-order valence-electron chi connectivity index (χ1n) is 8.24. The minimum absolute atomic E-state index is 0.661. The molecule has 0 radical (unpaired) electrons. The quantitative estimate of drug-likeness (QED) is 0.851. The van der Waals surface area contributed by atoms with Crippen LogP contribution in [0.1, 0.15) is 28.8 Å². The van der Waals surface area contributed by atoms with Crippen molar-refractivity contribution in [3.8, 4) is 6.07 Å². The number of aromatic nitrogens is 1. The van der Waals surface area contributed by atoms with E-state index < -0.39 is 0 Å². The van der Waals surface area contributed by atoms with Gasteiger partial charge in [-0.25, -0.2) is 4.98 Å². The van der Waals surface area contributed by atoms with Crippen LogP contribution in [-0.4, -0.2) is 35.6 Å². The van der Waals surface area contributed by atoms with Gasteiger partial charge in [0.2, 0.25) is 0 Å². The Morgan fingerprint density at radius 1 is 1.22 bits per heavy atom. The summed E-state index contributed by atoms with van der Waals surface area (Å²) in [5.74, 6) is 0.854. The number of nitrogens with zero attached hydrogens (tertiary/aromatic N) is 4. The summed E-state index contributed by atoms with van der Waals surface area (Å²) < 4.78 is 0. The Balaban J connectivity index is 1.41. The van der Waals surface area contributed by atoms with Crippen LogP contribution in [0.2, 0.25) is 0 Å². The number of hydrogen-bond donors (Lipinski definition) is 0. The van der Waals surface area contributed by atoms with E-state index in [1.54, 1.807) is 11.1 Å². The van der Waals surface area contributed by atoms with Gasteiger partial charge in [-0.1, -0.05) is 0 Å². The van der Waals surface area contributed by atoms with Crippen LogP contribution in [0, 0.1) is 11.3 Å². The standard InChI is InChI=1S/C18H20N4S/c19-12-14-2-1-7-20-18(14)21-8-3-16(4-9-21)22-10-5-17-15(13-22)6-11-23-17/h1-2,6-7,11,16H,3-5,8-10,13H2. The Labute approximate surface area is 141 Å². The van der Waals surface area contributed by atoms with Gasteiger partial charge in [-0.05, 0) is 48.4 Å². The summed E-state index contributed by atoms with van der Waals surface area (Å²) in [7, 11) is 0. The summed E-state index contributed by atoms with van der Waals surface area (Å²) in [6.07, 6.45) is 5.29. The molecule has 2 aliphatic heterocycles. The fraction of sp³-hybridized carbons (Fsp3) is 0.444. The van der Waals surface area contributed by atoms with Crippen LogP contribution in [0.3, 0.4) is 0 Å². The molecular formula is C18H20N4S. The second-order valence-electron chi connectivity index (χ2n) is 6.29. The molecule has 23 heavy (non-hydrogen) atoms. The third kappa shape index (κ3) is 2.85. The SMILES string of the molecule is N#Cc1cccnc1N1CCC(N2CCc3sccc3C2)CC1. The fourth-order valence-corrected chi connectivity index (χ4v) is 4.65. The average molecular weight is 324 g/mol. The predicted octanol–water partition coefficient (Wildman–Crippen LogP) is 3.04. The summed E-state index contributed by atoms with van der Waals surface area (Å²) >= 11 is 1.90. The second-order valence-corrected chi connectivity index (χ2v) is 7.29. The lowest BCUT2D eigenvalue weighted by Crippen LogP contribution is -2.46. The molecule has 0 aromatic carbocycles. The van der Waals surface area contributed by atoms with Gasteiger partial charge in [0.15, 0.2) is 0 Å². The molecule has 2 aliphatic rings. The summed E-state index contributed by atoms with van der Waals surface area (Å²) in [5, 5.41) is 11.5. The molecule has 0 spiro atoms. The predicted molar refractivity (Wildman–Crippen MR) is 92.6 cm³/mol. The first-order valence-corrected chi connectivity index (χ1v) is 9.12. The number of piperidine rings is 1. The van der Waals surface area contributed by atoms with Crippen LogP contribution in [-0.2, 0) is 13.0 Å². The number of nitriles is 1. The Morgan fingerprint density at radius 2 is 2.09 bits per heavy atom. The zero-order valence-corrected chi connectivity index (χ0v) is 13.9. The van der Waals surface area contributed by atoms with E-state index in [1.165, 1.54) is 18.5 Å². The lowest BCUT2D eigenvalue weighted by molar-refractivity contribution is 0.154. The van der Waals surface area contributed by atoms with Crippen LogP contribution in [0.4, 0.5) is 5.82 Å². The van der Waals surface area contributed by atoms with Crippen molar-refractivity contribution in [3.05, 3.63) is 45.8 Å². The van der Waals surface area contributed by atoms with Gasteiger partial charge in [-0.15, -0.1) is 11.3 Å². The van der Waals surface area contributed by atoms with Crippen molar-refractivity contribution in [2.24, 2.45) is 0 Å². The highest BCUT2D eigenvalue weighted by molar-refractivity contribution is 7.10. The van der Waals surface area contributed by atoms with Crippen molar-refractivity contribution in [2.45, 2.75) is 31.8 Å². The summed E-state index contributed by atoms with van der Waals surface area (Å²) in [6.45, 7) is 4.27. The number of rotatable bonds is 2. The van der Waals surface area contributed by atoms with Gasteiger partial charge in [0.1, 0.15) is 11.9 Å². The summed E-state index contributed by atoms with van der Waals surface area (Å²) in [6, 6.07) is 8.90. The van der Waals surface area contributed by atoms with Crippen LogP contribution in [0.5, 0.6) is 0 Å². The Hall–Kier alpha value is -1.90. The highest BCUT2D eigenvalue weighted by atomic mass is 32.1. The van der Waals surface area contributed by atoms with E-state index in [-0.39, 0.29) is 0 Å². The normalized spacial score (nSPS) is 19.3. The van der Waals surface area contributed by atoms with Crippen molar-refractivity contribution in [2.75, 3.05) is 24.5 Å². The monoisotopic (exact) mass is 324 g/mol. The molecule has 118 valence electrons. The van der Waals surface area contributed by atoms with E-state index in [4.69, 9.17) is 0 Å². The lowest BCUT2D eigenvalue weighted by Gasteiger charge is -2.40. The molecule has 0 N–H and O–H groups in total. The Bertz CT molecular complexity index is 725. The minimum Gasteiger partial charge on any atom is -0.355 e. The molecule has 4 nitrogen and oxygen atoms in total. The molecule has 2 aromatic heterocycles. The third-order valence-electron chi connectivity index (χ3n) is 5.02. The van der Waals surface area contributed by atoms with Gasteiger partial charge in [0, 0.05) is 43.3 Å². The lowest BCUT2D eigenvalue weighted by atomic mass is 9.99. The van der Waals surface area contributed by atoms with Gasteiger partial charge in [0.05, 0.1) is 5.56 Å². The first-order chi connectivity index (χ1) is 11.3. The molecule has 1 fully saturated rings. The zero-order chi connectivity index (χ0) is 15.6. The molecule has 0 bridgehead atoms. The third-order valence-corrected chi connectivity index (χ3v) is 6.05. The Morgan fingerprint density at radius 3 is 2.91 bits per heavy atom. The average Bonchev–Trinajstić information content (AvgIpc) is 3.09. The molecule has 2 aromatic rings. The topological polar surface area (TPSA) is 43.2 Å². The summed E-state index contributed by atoms with van der Waals surface area (Å²) in [4.78, 5) is 10.9. The number of hydrogen-bond acceptors (Lipinski definition) is 5. The van der Waals surface area contributed by atoms with E-state index in [9.17, 15) is 5.26 Å². The maximum atomic E-state index is 9.25. The Kier molecular flexibility index (Phi) is 4.02. The number of thiophene rings is 1. The van der Waals surface area contributed by atoms with Crippen molar-refractivity contribution >= 4 is 17.2 Å². The maximum absolute atomic E-state index is 9.25. The molecule has 0 atom stereocenters. The number of pyridine rings is 1. The first kappa shape index (κ1) is 14.7. The van der Waals surface area contributed by atoms with Crippen LogP contribution < -0.4 is 4.90 Å². The van der Waals surface area contributed by atoms with Crippen molar-refractivity contribution in [1.82, 2.24) is 9.88 Å². The molecule has 0 unspecified atom stereocenters. The highest BCUT2D eigenvalue weighted by Gasteiger charge is 2.28. The highest BCUT2D eigenvalue weighted by Crippen LogP contribution is 2.29. The molecule has 0 amide bonds. The van der Waals surface area contributed by atoms with Crippen molar-refractivity contribution in [1.29, 1.82) is 5.26 Å². The minimum atomic E-state index is 0.661. The molecule has 1 saturated heterocycles. The molecular weight excluding hydrogens is 304 g/mol. The largest absolute Gasteiger partial charge is 0.355 e. The van der Waals surface area contributed by atoms with Crippen molar-refractivity contribution < 1.29 is 0 Å². The van der Waals surface area contributed by atoms with Crippen molar-refractivity contribution in [3.63, 3.8) is 0 Å². The molecule has 0 saturated carbocycles. The molecule has 5 heteroatoms. The fourth-order valence-electron chi connectivity index (χ4n) is 3.76. The number of fused-ring (bicyclic) bond motifs is 1. The van der Waals surface area contributed by atoms with E-state index in [1.807, 2.05) is 23.5 Å².